The molecule has 1 aromatic heterocycles. The van der Waals surface area contributed by atoms with E-state index in [1.165, 1.54) is 6.20 Å². The lowest BCUT2D eigenvalue weighted by molar-refractivity contribution is 0.102. The number of rotatable bonds is 3. The zero-order chi connectivity index (χ0) is 13.0. The molecule has 0 spiro atoms. The van der Waals surface area contributed by atoms with Crippen LogP contribution in [0.2, 0.25) is 0 Å². The molecule has 0 aliphatic carbocycles. The summed E-state index contributed by atoms with van der Waals surface area (Å²) >= 11 is 0. The molecule has 0 saturated heterocycles. The lowest BCUT2D eigenvalue weighted by atomic mass is 10.2. The number of aromatic nitrogens is 1. The Morgan fingerprint density at radius 2 is 1.94 bits per heavy atom. The van der Waals surface area contributed by atoms with Gasteiger partial charge in [-0.1, -0.05) is 0 Å². The summed E-state index contributed by atoms with van der Waals surface area (Å²) in [6.45, 7) is 0. The maximum absolute atomic E-state index is 11.9. The van der Waals surface area contributed by atoms with Gasteiger partial charge < -0.3 is 15.8 Å². The van der Waals surface area contributed by atoms with Crippen LogP contribution in [0.25, 0.3) is 0 Å². The minimum Gasteiger partial charge on any atom is -0.497 e. The second kappa shape index (κ2) is 5.18. The highest BCUT2D eigenvalue weighted by atomic mass is 16.5. The fraction of sp³-hybridized carbons (Fsp3) is 0.0769. The van der Waals surface area contributed by atoms with Gasteiger partial charge in [-0.3, -0.25) is 4.79 Å². The minimum atomic E-state index is -0.227. The second-order valence-corrected chi connectivity index (χ2v) is 3.66. The Labute approximate surface area is 105 Å². The fourth-order valence-corrected chi connectivity index (χ4v) is 1.41. The number of benzene rings is 1. The number of ether oxygens (including phenoxy) is 1. The Bertz CT molecular complexity index is 535. The van der Waals surface area contributed by atoms with Crippen molar-refractivity contribution in [2.75, 3.05) is 18.2 Å². The Balaban J connectivity index is 2.09. The van der Waals surface area contributed by atoms with Gasteiger partial charge in [-0.2, -0.15) is 0 Å². The summed E-state index contributed by atoms with van der Waals surface area (Å²) in [5, 5.41) is 2.68. The number of nitrogen functional groups attached to an aromatic ring is 1. The zero-order valence-electron chi connectivity index (χ0n) is 9.88. The van der Waals surface area contributed by atoms with E-state index in [0.29, 0.717) is 22.8 Å². The highest BCUT2D eigenvalue weighted by Crippen LogP contribution is 2.13. The van der Waals surface area contributed by atoms with E-state index in [4.69, 9.17) is 10.5 Å². The Morgan fingerprint density at radius 3 is 2.50 bits per heavy atom. The summed E-state index contributed by atoms with van der Waals surface area (Å²) in [4.78, 5) is 15.9. The third-order valence-corrected chi connectivity index (χ3v) is 2.38. The molecule has 18 heavy (non-hydrogen) atoms. The fourth-order valence-electron chi connectivity index (χ4n) is 1.41. The molecule has 5 nitrogen and oxygen atoms in total. The summed E-state index contributed by atoms with van der Waals surface area (Å²) in [6, 6.07) is 10.2. The maximum Gasteiger partial charge on any atom is 0.256 e. The predicted molar refractivity (Wildman–Crippen MR) is 69.6 cm³/mol. The van der Waals surface area contributed by atoms with Crippen LogP contribution < -0.4 is 15.8 Å². The zero-order valence-corrected chi connectivity index (χ0v) is 9.88. The molecule has 5 heteroatoms. The molecule has 3 N–H and O–H groups in total. The normalized spacial score (nSPS) is 9.83. The Hall–Kier alpha value is -2.56. The molecule has 1 heterocycles. The number of carbonyl (C=O) groups excluding carboxylic acids is 1. The molecule has 92 valence electrons. The molecule has 0 saturated carbocycles. The average Bonchev–Trinajstić information content (AvgIpc) is 2.41. The number of amides is 1. The monoisotopic (exact) mass is 243 g/mol. The summed E-state index contributed by atoms with van der Waals surface area (Å²) in [6.07, 6.45) is 1.49. The standard InChI is InChI=1S/C13H13N3O2/c1-18-11-5-2-9(3-6-11)13(17)16-12-7-4-10(14)8-15-12/h2-8H,14H2,1H3,(H,15,16,17). The number of anilines is 2. The predicted octanol–water partition coefficient (Wildman–Crippen LogP) is 1.92. The van der Waals surface area contributed by atoms with Crippen molar-refractivity contribution in [1.29, 1.82) is 0 Å². The van der Waals surface area contributed by atoms with Crippen molar-refractivity contribution in [3.05, 3.63) is 48.2 Å². The van der Waals surface area contributed by atoms with Crippen LogP contribution in [0.4, 0.5) is 11.5 Å². The van der Waals surface area contributed by atoms with E-state index in [1.807, 2.05) is 0 Å². The van der Waals surface area contributed by atoms with E-state index in [-0.39, 0.29) is 5.91 Å². The van der Waals surface area contributed by atoms with E-state index < -0.39 is 0 Å². The first-order valence-corrected chi connectivity index (χ1v) is 5.36. The topological polar surface area (TPSA) is 77.2 Å². The number of nitrogens with one attached hydrogen (secondary N) is 1. The second-order valence-electron chi connectivity index (χ2n) is 3.66. The van der Waals surface area contributed by atoms with Crippen LogP contribution in [0.15, 0.2) is 42.6 Å². The summed E-state index contributed by atoms with van der Waals surface area (Å²) in [7, 11) is 1.58. The number of pyridine rings is 1. The first-order chi connectivity index (χ1) is 8.69. The smallest absolute Gasteiger partial charge is 0.256 e. The Morgan fingerprint density at radius 1 is 1.22 bits per heavy atom. The largest absolute Gasteiger partial charge is 0.497 e. The lowest BCUT2D eigenvalue weighted by Crippen LogP contribution is -2.12. The first-order valence-electron chi connectivity index (χ1n) is 5.36. The molecule has 0 aliphatic rings. The lowest BCUT2D eigenvalue weighted by Gasteiger charge is -2.05. The maximum atomic E-state index is 11.9. The molecular weight excluding hydrogens is 230 g/mol. The van der Waals surface area contributed by atoms with Crippen molar-refractivity contribution in [3.63, 3.8) is 0 Å². The van der Waals surface area contributed by atoms with Crippen LogP contribution in [-0.2, 0) is 0 Å². The third kappa shape index (κ3) is 2.76. The Kier molecular flexibility index (Phi) is 3.43. The number of nitrogens with two attached hydrogens (primary N) is 1. The quantitative estimate of drug-likeness (QED) is 0.863. The van der Waals surface area contributed by atoms with Gasteiger partial charge in [-0.05, 0) is 36.4 Å². The molecule has 0 fully saturated rings. The van der Waals surface area contributed by atoms with Crippen molar-refractivity contribution < 1.29 is 9.53 Å². The molecule has 0 radical (unpaired) electrons. The van der Waals surface area contributed by atoms with Gasteiger partial charge in [0.1, 0.15) is 11.6 Å². The number of hydrogen-bond donors (Lipinski definition) is 2. The number of nitrogens with zero attached hydrogens (tertiary/aromatic N) is 1. The van der Waals surface area contributed by atoms with E-state index in [9.17, 15) is 4.79 Å². The molecular formula is C13H13N3O2. The van der Waals surface area contributed by atoms with Crippen molar-refractivity contribution in [1.82, 2.24) is 4.98 Å². The van der Waals surface area contributed by atoms with Gasteiger partial charge >= 0.3 is 0 Å². The van der Waals surface area contributed by atoms with Gasteiger partial charge in [0.15, 0.2) is 0 Å². The number of hydrogen-bond acceptors (Lipinski definition) is 4. The summed E-state index contributed by atoms with van der Waals surface area (Å²) in [5.41, 5.74) is 6.60. The molecule has 0 bridgehead atoms. The van der Waals surface area contributed by atoms with Gasteiger partial charge in [-0.25, -0.2) is 4.98 Å². The van der Waals surface area contributed by atoms with Crippen molar-refractivity contribution in [3.8, 4) is 5.75 Å². The van der Waals surface area contributed by atoms with Crippen LogP contribution in [0.3, 0.4) is 0 Å². The summed E-state index contributed by atoms with van der Waals surface area (Å²) in [5.74, 6) is 0.942. The molecule has 2 aromatic rings. The van der Waals surface area contributed by atoms with E-state index in [2.05, 4.69) is 10.3 Å². The van der Waals surface area contributed by atoms with Gasteiger partial charge in [0.05, 0.1) is 19.0 Å². The molecule has 0 unspecified atom stereocenters. The highest BCUT2D eigenvalue weighted by Gasteiger charge is 2.06. The SMILES string of the molecule is COc1ccc(C(=O)Nc2ccc(N)cn2)cc1. The molecule has 1 amide bonds. The van der Waals surface area contributed by atoms with Gasteiger partial charge in [0, 0.05) is 5.56 Å². The van der Waals surface area contributed by atoms with Crippen molar-refractivity contribution >= 4 is 17.4 Å². The van der Waals surface area contributed by atoms with Crippen LogP contribution in [0.1, 0.15) is 10.4 Å². The van der Waals surface area contributed by atoms with E-state index in [0.717, 1.165) is 0 Å². The van der Waals surface area contributed by atoms with Gasteiger partial charge in [0.2, 0.25) is 0 Å². The number of carbonyl (C=O) groups is 1. The third-order valence-electron chi connectivity index (χ3n) is 2.38. The molecule has 0 aliphatic heterocycles. The van der Waals surface area contributed by atoms with E-state index >= 15 is 0 Å². The van der Waals surface area contributed by atoms with Gasteiger partial charge in [0.25, 0.3) is 5.91 Å². The molecule has 0 atom stereocenters. The van der Waals surface area contributed by atoms with Crippen molar-refractivity contribution in [2.45, 2.75) is 0 Å². The average molecular weight is 243 g/mol. The minimum absolute atomic E-state index is 0.227. The van der Waals surface area contributed by atoms with Crippen molar-refractivity contribution in [2.24, 2.45) is 0 Å². The molecule has 2 rings (SSSR count). The van der Waals surface area contributed by atoms with Crippen LogP contribution in [0, 0.1) is 0 Å². The number of methoxy groups -OCH3 is 1. The molecule has 1 aromatic carbocycles. The van der Waals surface area contributed by atoms with E-state index in [1.54, 1.807) is 43.5 Å². The highest BCUT2D eigenvalue weighted by molar-refractivity contribution is 6.03. The van der Waals surface area contributed by atoms with Crippen LogP contribution >= 0.6 is 0 Å². The van der Waals surface area contributed by atoms with Gasteiger partial charge in [-0.15, -0.1) is 0 Å². The van der Waals surface area contributed by atoms with Crippen LogP contribution in [0.5, 0.6) is 5.75 Å². The first kappa shape index (κ1) is 11.9. The van der Waals surface area contributed by atoms with Crippen LogP contribution in [-0.4, -0.2) is 18.0 Å². The summed E-state index contributed by atoms with van der Waals surface area (Å²) < 4.78 is 5.02.